The molecule has 2 N–H and O–H groups in total. The van der Waals surface area contributed by atoms with Crippen LogP contribution >= 0.6 is 11.6 Å². The monoisotopic (exact) mass is 217 g/mol. The summed E-state index contributed by atoms with van der Waals surface area (Å²) < 4.78 is 5.19. The van der Waals surface area contributed by atoms with Gasteiger partial charge in [0.2, 0.25) is 0 Å². The lowest BCUT2D eigenvalue weighted by Gasteiger charge is -2.18. The Morgan fingerprint density at radius 1 is 1.50 bits per heavy atom. The predicted octanol–water partition coefficient (Wildman–Crippen LogP) is 2.04. The van der Waals surface area contributed by atoms with E-state index in [0.29, 0.717) is 11.8 Å². The molecular formula is C10H16ClNO2. The lowest BCUT2D eigenvalue weighted by molar-refractivity contribution is 0.205. The fourth-order valence-electron chi connectivity index (χ4n) is 1.07. The number of hydrogen-bond acceptors (Lipinski definition) is 3. The molecule has 4 heteroatoms. The van der Waals surface area contributed by atoms with Crippen molar-refractivity contribution >= 4 is 11.6 Å². The van der Waals surface area contributed by atoms with E-state index in [9.17, 15) is 0 Å². The number of aliphatic hydroxyl groups is 1. The van der Waals surface area contributed by atoms with Gasteiger partial charge in [0.05, 0.1) is 6.54 Å². The third-order valence-electron chi connectivity index (χ3n) is 2.37. The van der Waals surface area contributed by atoms with Gasteiger partial charge >= 0.3 is 0 Å². The third kappa shape index (κ3) is 3.33. The maximum absolute atomic E-state index is 8.92. The molecule has 0 aliphatic carbocycles. The van der Waals surface area contributed by atoms with Crippen LogP contribution in [0.1, 0.15) is 19.6 Å². The van der Waals surface area contributed by atoms with E-state index >= 15 is 0 Å². The SMILES string of the molecule is CC(CO)C(C)NCc1ccc(Cl)o1. The fraction of sp³-hybridized carbons (Fsp3) is 0.600. The molecule has 0 aromatic carbocycles. The summed E-state index contributed by atoms with van der Waals surface area (Å²) >= 11 is 5.63. The summed E-state index contributed by atoms with van der Waals surface area (Å²) in [6, 6.07) is 3.81. The average molecular weight is 218 g/mol. The lowest BCUT2D eigenvalue weighted by Crippen LogP contribution is -2.33. The largest absolute Gasteiger partial charge is 0.448 e. The highest BCUT2D eigenvalue weighted by Gasteiger charge is 2.10. The van der Waals surface area contributed by atoms with Gasteiger partial charge in [0, 0.05) is 12.6 Å². The lowest BCUT2D eigenvalue weighted by atomic mass is 10.1. The van der Waals surface area contributed by atoms with Crippen LogP contribution in [0.3, 0.4) is 0 Å². The van der Waals surface area contributed by atoms with Gasteiger partial charge in [-0.3, -0.25) is 0 Å². The normalized spacial score (nSPS) is 15.4. The molecule has 80 valence electrons. The van der Waals surface area contributed by atoms with Gasteiger partial charge in [-0.05, 0) is 36.6 Å². The van der Waals surface area contributed by atoms with Crippen LogP contribution in [0.25, 0.3) is 0 Å². The van der Waals surface area contributed by atoms with Crippen LogP contribution in [0, 0.1) is 5.92 Å². The van der Waals surface area contributed by atoms with Crippen molar-refractivity contribution in [3.05, 3.63) is 23.1 Å². The summed E-state index contributed by atoms with van der Waals surface area (Å²) in [6.45, 7) is 4.85. The molecule has 0 bridgehead atoms. The summed E-state index contributed by atoms with van der Waals surface area (Å²) in [5.41, 5.74) is 0. The highest BCUT2D eigenvalue weighted by Crippen LogP contribution is 2.13. The summed E-state index contributed by atoms with van der Waals surface area (Å²) in [5, 5.41) is 12.6. The minimum Gasteiger partial charge on any atom is -0.448 e. The molecule has 2 atom stereocenters. The quantitative estimate of drug-likeness (QED) is 0.794. The van der Waals surface area contributed by atoms with Gasteiger partial charge < -0.3 is 14.8 Å². The zero-order chi connectivity index (χ0) is 10.6. The first-order valence-corrected chi connectivity index (χ1v) is 5.09. The Morgan fingerprint density at radius 2 is 2.21 bits per heavy atom. The molecule has 1 heterocycles. The maximum Gasteiger partial charge on any atom is 0.193 e. The second-order valence-electron chi connectivity index (χ2n) is 3.54. The number of rotatable bonds is 5. The number of nitrogens with one attached hydrogen (secondary N) is 1. The van der Waals surface area contributed by atoms with Crippen molar-refractivity contribution in [2.45, 2.75) is 26.4 Å². The summed E-state index contributed by atoms with van der Waals surface area (Å²) in [7, 11) is 0. The molecule has 0 amide bonds. The molecule has 1 aromatic heterocycles. The molecule has 0 saturated carbocycles. The molecule has 0 saturated heterocycles. The van der Waals surface area contributed by atoms with Gasteiger partial charge in [-0.15, -0.1) is 0 Å². The minimum absolute atomic E-state index is 0.188. The predicted molar refractivity (Wildman–Crippen MR) is 56.3 cm³/mol. The van der Waals surface area contributed by atoms with Crippen LogP contribution < -0.4 is 5.32 Å². The Kier molecular flexibility index (Phi) is 4.45. The molecule has 0 fully saturated rings. The molecule has 3 nitrogen and oxygen atoms in total. The Labute approximate surface area is 89.1 Å². The van der Waals surface area contributed by atoms with E-state index in [1.54, 1.807) is 6.07 Å². The van der Waals surface area contributed by atoms with Gasteiger partial charge in [-0.25, -0.2) is 0 Å². The molecule has 0 radical (unpaired) electrons. The first-order chi connectivity index (χ1) is 6.63. The van der Waals surface area contributed by atoms with E-state index in [4.69, 9.17) is 21.1 Å². The Bertz CT molecular complexity index is 275. The van der Waals surface area contributed by atoms with Crippen LogP contribution in [0.4, 0.5) is 0 Å². The summed E-state index contributed by atoms with van der Waals surface area (Å²) in [4.78, 5) is 0. The Morgan fingerprint density at radius 3 is 2.71 bits per heavy atom. The molecule has 1 aromatic rings. The second-order valence-corrected chi connectivity index (χ2v) is 3.91. The molecule has 2 unspecified atom stereocenters. The van der Waals surface area contributed by atoms with Crippen LogP contribution in [-0.4, -0.2) is 17.8 Å². The van der Waals surface area contributed by atoms with Gasteiger partial charge in [0.15, 0.2) is 5.22 Å². The first-order valence-electron chi connectivity index (χ1n) is 4.72. The van der Waals surface area contributed by atoms with E-state index in [-0.39, 0.29) is 18.6 Å². The van der Waals surface area contributed by atoms with E-state index in [2.05, 4.69) is 5.32 Å². The number of furan rings is 1. The van der Waals surface area contributed by atoms with Crippen LogP contribution in [0.2, 0.25) is 5.22 Å². The smallest absolute Gasteiger partial charge is 0.193 e. The van der Waals surface area contributed by atoms with Crippen molar-refractivity contribution < 1.29 is 9.52 Å². The zero-order valence-corrected chi connectivity index (χ0v) is 9.21. The summed E-state index contributed by atoms with van der Waals surface area (Å²) in [5.74, 6) is 1.05. The Hall–Kier alpha value is -0.510. The average Bonchev–Trinajstić information content (AvgIpc) is 2.59. The van der Waals surface area contributed by atoms with Gasteiger partial charge in [-0.1, -0.05) is 6.92 Å². The molecule has 0 spiro atoms. The fourth-order valence-corrected chi connectivity index (χ4v) is 1.23. The number of aliphatic hydroxyl groups excluding tert-OH is 1. The van der Waals surface area contributed by atoms with Crippen molar-refractivity contribution in [1.82, 2.24) is 5.32 Å². The highest BCUT2D eigenvalue weighted by atomic mass is 35.5. The maximum atomic E-state index is 8.92. The van der Waals surface area contributed by atoms with E-state index < -0.39 is 0 Å². The molecule has 0 aliphatic heterocycles. The van der Waals surface area contributed by atoms with Crippen molar-refractivity contribution in [3.8, 4) is 0 Å². The Balaban J connectivity index is 2.33. The van der Waals surface area contributed by atoms with Gasteiger partial charge in [0.1, 0.15) is 5.76 Å². The zero-order valence-electron chi connectivity index (χ0n) is 8.46. The minimum atomic E-state index is 0.188. The van der Waals surface area contributed by atoms with Gasteiger partial charge in [-0.2, -0.15) is 0 Å². The van der Waals surface area contributed by atoms with E-state index in [1.807, 2.05) is 19.9 Å². The van der Waals surface area contributed by atoms with Crippen molar-refractivity contribution in [3.63, 3.8) is 0 Å². The molecular weight excluding hydrogens is 202 g/mol. The van der Waals surface area contributed by atoms with Crippen LogP contribution in [0.5, 0.6) is 0 Å². The van der Waals surface area contributed by atoms with Crippen molar-refractivity contribution in [1.29, 1.82) is 0 Å². The van der Waals surface area contributed by atoms with Crippen molar-refractivity contribution in [2.24, 2.45) is 5.92 Å². The topological polar surface area (TPSA) is 45.4 Å². The first kappa shape index (κ1) is 11.6. The van der Waals surface area contributed by atoms with Gasteiger partial charge in [0.25, 0.3) is 0 Å². The van der Waals surface area contributed by atoms with Crippen molar-refractivity contribution in [2.75, 3.05) is 6.61 Å². The second kappa shape index (κ2) is 5.39. The molecule has 14 heavy (non-hydrogen) atoms. The third-order valence-corrected chi connectivity index (χ3v) is 2.57. The van der Waals surface area contributed by atoms with Crippen LogP contribution in [-0.2, 0) is 6.54 Å². The summed E-state index contributed by atoms with van der Waals surface area (Å²) in [6.07, 6.45) is 0. The van der Waals surface area contributed by atoms with E-state index in [0.717, 1.165) is 5.76 Å². The van der Waals surface area contributed by atoms with Crippen LogP contribution in [0.15, 0.2) is 16.5 Å². The molecule has 1 rings (SSSR count). The van der Waals surface area contributed by atoms with E-state index in [1.165, 1.54) is 0 Å². The number of halogens is 1. The highest BCUT2D eigenvalue weighted by molar-refractivity contribution is 6.28. The number of hydrogen-bond donors (Lipinski definition) is 2. The standard InChI is InChI=1S/C10H16ClNO2/c1-7(6-13)8(2)12-5-9-3-4-10(11)14-9/h3-4,7-8,12-13H,5-6H2,1-2H3. The molecule has 0 aliphatic rings.